The van der Waals surface area contributed by atoms with Crippen LogP contribution >= 0.6 is 0 Å². The number of hydrogen-bond acceptors (Lipinski definition) is 1. The molecule has 0 atom stereocenters. The van der Waals surface area contributed by atoms with Gasteiger partial charge in [-0.2, -0.15) is 0 Å². The van der Waals surface area contributed by atoms with Crippen molar-refractivity contribution in [1.82, 2.24) is 0 Å². The zero-order chi connectivity index (χ0) is 11.6. The van der Waals surface area contributed by atoms with Crippen molar-refractivity contribution in [3.8, 4) is 0 Å². The van der Waals surface area contributed by atoms with Gasteiger partial charge in [-0.1, -0.05) is 6.07 Å². The number of benzene rings is 1. The van der Waals surface area contributed by atoms with Crippen LogP contribution in [0.25, 0.3) is 6.08 Å². The highest BCUT2D eigenvalue weighted by Gasteiger charge is 2.05. The highest BCUT2D eigenvalue weighted by Crippen LogP contribution is 2.22. The normalized spacial score (nSPS) is 10.9. The fraction of sp³-hybridized carbons (Fsp3) is 0.308. The van der Waals surface area contributed by atoms with Crippen molar-refractivity contribution in [2.75, 3.05) is 0 Å². The van der Waals surface area contributed by atoms with Gasteiger partial charge >= 0.3 is 0 Å². The molecule has 2 N–H and O–H groups in total. The van der Waals surface area contributed by atoms with Crippen LogP contribution in [0.2, 0.25) is 0 Å². The smallest absolute Gasteiger partial charge is 0.241 e. The SMILES string of the molecule is Cc1cc(C)c(C)c(/C=C/C(N)=O)c1C. The molecule has 0 saturated heterocycles. The van der Waals surface area contributed by atoms with Crippen LogP contribution in [0.4, 0.5) is 0 Å². The third-order valence-electron chi connectivity index (χ3n) is 2.84. The molecular weight excluding hydrogens is 186 g/mol. The van der Waals surface area contributed by atoms with Crippen LogP contribution in [0.15, 0.2) is 12.1 Å². The minimum atomic E-state index is -0.409. The Hall–Kier alpha value is -1.57. The van der Waals surface area contributed by atoms with Crippen LogP contribution in [0, 0.1) is 27.7 Å². The summed E-state index contributed by atoms with van der Waals surface area (Å²) in [7, 11) is 0. The Bertz CT molecular complexity index is 404. The average Bonchev–Trinajstić information content (AvgIpc) is 2.14. The zero-order valence-corrected chi connectivity index (χ0v) is 9.72. The van der Waals surface area contributed by atoms with Crippen LogP contribution in [-0.4, -0.2) is 5.91 Å². The van der Waals surface area contributed by atoms with Crippen LogP contribution in [0.5, 0.6) is 0 Å². The molecule has 0 spiro atoms. The summed E-state index contributed by atoms with van der Waals surface area (Å²) in [5.74, 6) is -0.409. The summed E-state index contributed by atoms with van der Waals surface area (Å²) in [5, 5.41) is 0. The fourth-order valence-corrected chi connectivity index (χ4v) is 1.66. The third-order valence-corrected chi connectivity index (χ3v) is 2.84. The topological polar surface area (TPSA) is 43.1 Å². The molecular formula is C13H17NO. The summed E-state index contributed by atoms with van der Waals surface area (Å²) < 4.78 is 0. The third kappa shape index (κ3) is 2.46. The van der Waals surface area contributed by atoms with Gasteiger partial charge in [0.15, 0.2) is 0 Å². The van der Waals surface area contributed by atoms with Gasteiger partial charge in [-0.15, -0.1) is 0 Å². The highest BCUT2D eigenvalue weighted by molar-refractivity contribution is 5.90. The number of nitrogens with two attached hydrogens (primary N) is 1. The van der Waals surface area contributed by atoms with E-state index in [1.54, 1.807) is 6.08 Å². The molecule has 1 aromatic carbocycles. The van der Waals surface area contributed by atoms with E-state index in [0.29, 0.717) is 0 Å². The van der Waals surface area contributed by atoms with Gasteiger partial charge in [-0.25, -0.2) is 0 Å². The van der Waals surface area contributed by atoms with E-state index < -0.39 is 5.91 Å². The van der Waals surface area contributed by atoms with Gasteiger partial charge in [0.2, 0.25) is 5.91 Å². The number of hydrogen-bond donors (Lipinski definition) is 1. The van der Waals surface area contributed by atoms with Crippen molar-refractivity contribution < 1.29 is 4.79 Å². The monoisotopic (exact) mass is 203 g/mol. The molecule has 0 fully saturated rings. The van der Waals surface area contributed by atoms with Crippen molar-refractivity contribution in [1.29, 1.82) is 0 Å². The quantitative estimate of drug-likeness (QED) is 0.737. The first-order valence-electron chi connectivity index (χ1n) is 4.98. The van der Waals surface area contributed by atoms with Crippen LogP contribution in [-0.2, 0) is 4.79 Å². The Morgan fingerprint density at radius 1 is 1.13 bits per heavy atom. The van der Waals surface area contributed by atoms with Crippen molar-refractivity contribution in [3.63, 3.8) is 0 Å². The summed E-state index contributed by atoms with van der Waals surface area (Å²) in [5.41, 5.74) is 11.1. The molecule has 0 heterocycles. The first-order valence-corrected chi connectivity index (χ1v) is 4.98. The molecule has 15 heavy (non-hydrogen) atoms. The minimum Gasteiger partial charge on any atom is -0.366 e. The molecule has 0 aliphatic heterocycles. The summed E-state index contributed by atoms with van der Waals surface area (Å²) in [6, 6.07) is 2.16. The number of carbonyl (C=O) groups excluding carboxylic acids is 1. The largest absolute Gasteiger partial charge is 0.366 e. The molecule has 1 aromatic rings. The van der Waals surface area contributed by atoms with Gasteiger partial charge < -0.3 is 5.73 Å². The first kappa shape index (κ1) is 11.5. The van der Waals surface area contributed by atoms with Gasteiger partial charge in [0.25, 0.3) is 0 Å². The summed E-state index contributed by atoms with van der Waals surface area (Å²) in [6.45, 7) is 8.26. The number of rotatable bonds is 2. The first-order chi connectivity index (χ1) is 6.93. The molecule has 0 aliphatic rings. The van der Waals surface area contributed by atoms with E-state index in [1.165, 1.54) is 28.3 Å². The van der Waals surface area contributed by atoms with Gasteiger partial charge in [0.05, 0.1) is 0 Å². The van der Waals surface area contributed by atoms with E-state index in [2.05, 4.69) is 33.8 Å². The summed E-state index contributed by atoms with van der Waals surface area (Å²) in [6.07, 6.45) is 3.21. The lowest BCUT2D eigenvalue weighted by atomic mass is 9.94. The molecule has 2 heteroatoms. The van der Waals surface area contributed by atoms with Gasteiger partial charge in [0.1, 0.15) is 0 Å². The Labute approximate surface area is 90.8 Å². The van der Waals surface area contributed by atoms with E-state index in [-0.39, 0.29) is 0 Å². The maximum Gasteiger partial charge on any atom is 0.241 e. The minimum absolute atomic E-state index is 0.409. The van der Waals surface area contributed by atoms with Crippen molar-refractivity contribution >= 4 is 12.0 Å². The van der Waals surface area contributed by atoms with Crippen molar-refractivity contribution in [2.45, 2.75) is 27.7 Å². The number of amides is 1. The van der Waals surface area contributed by atoms with E-state index in [1.807, 2.05) is 0 Å². The fourth-order valence-electron chi connectivity index (χ4n) is 1.66. The molecule has 0 bridgehead atoms. The van der Waals surface area contributed by atoms with E-state index in [0.717, 1.165) is 5.56 Å². The van der Waals surface area contributed by atoms with E-state index in [9.17, 15) is 4.79 Å². The maximum atomic E-state index is 10.7. The zero-order valence-electron chi connectivity index (χ0n) is 9.72. The molecule has 1 rings (SSSR count). The lowest BCUT2D eigenvalue weighted by Gasteiger charge is -2.11. The maximum absolute atomic E-state index is 10.7. The standard InChI is InChI=1S/C13H17NO/c1-8-7-9(2)11(4)12(10(8)3)5-6-13(14)15/h5-7H,1-4H3,(H2,14,15)/b6-5+. The van der Waals surface area contributed by atoms with E-state index >= 15 is 0 Å². The second kappa shape index (κ2) is 4.30. The molecule has 0 aliphatic carbocycles. The average molecular weight is 203 g/mol. The number of aryl methyl sites for hydroxylation is 2. The van der Waals surface area contributed by atoms with Crippen molar-refractivity contribution in [2.24, 2.45) is 5.73 Å². The predicted octanol–water partition coefficient (Wildman–Crippen LogP) is 2.42. The second-order valence-electron chi connectivity index (χ2n) is 3.91. The van der Waals surface area contributed by atoms with Crippen LogP contribution in [0.1, 0.15) is 27.8 Å². The Morgan fingerprint density at radius 2 is 1.60 bits per heavy atom. The molecule has 0 saturated carbocycles. The lowest BCUT2D eigenvalue weighted by Crippen LogP contribution is -2.05. The van der Waals surface area contributed by atoms with Crippen LogP contribution in [0.3, 0.4) is 0 Å². The Kier molecular flexibility index (Phi) is 3.30. The lowest BCUT2D eigenvalue weighted by molar-refractivity contribution is -0.113. The molecule has 0 unspecified atom stereocenters. The predicted molar refractivity (Wildman–Crippen MR) is 63.6 cm³/mol. The van der Waals surface area contributed by atoms with E-state index in [4.69, 9.17) is 5.73 Å². The molecule has 1 amide bonds. The molecule has 0 radical (unpaired) electrons. The summed E-state index contributed by atoms with van der Waals surface area (Å²) in [4.78, 5) is 10.7. The van der Waals surface area contributed by atoms with Gasteiger partial charge in [0, 0.05) is 6.08 Å². The highest BCUT2D eigenvalue weighted by atomic mass is 16.1. The molecule has 0 aromatic heterocycles. The number of primary amides is 1. The second-order valence-corrected chi connectivity index (χ2v) is 3.91. The van der Waals surface area contributed by atoms with Crippen LogP contribution < -0.4 is 5.73 Å². The number of carbonyl (C=O) groups is 1. The Morgan fingerprint density at radius 3 is 2.00 bits per heavy atom. The van der Waals surface area contributed by atoms with Gasteiger partial charge in [-0.05, 0) is 61.6 Å². The molecule has 80 valence electrons. The van der Waals surface area contributed by atoms with Crippen molar-refractivity contribution in [3.05, 3.63) is 40.0 Å². The Balaban J connectivity index is 3.33. The summed E-state index contributed by atoms with van der Waals surface area (Å²) >= 11 is 0. The molecule has 2 nitrogen and oxygen atoms in total. The van der Waals surface area contributed by atoms with Gasteiger partial charge in [-0.3, -0.25) is 4.79 Å².